The third kappa shape index (κ3) is 2.56. The molecule has 1 aliphatic carbocycles. The molecule has 0 unspecified atom stereocenters. The van der Waals surface area contributed by atoms with Gasteiger partial charge in [0.05, 0.1) is 11.6 Å². The van der Waals surface area contributed by atoms with Gasteiger partial charge in [-0.1, -0.05) is 42.1 Å². The molecule has 0 atom stereocenters. The highest BCUT2D eigenvalue weighted by atomic mass is 35.5. The Morgan fingerprint density at radius 1 is 1.30 bits per heavy atom. The van der Waals surface area contributed by atoms with E-state index in [9.17, 15) is 4.79 Å². The quantitative estimate of drug-likeness (QED) is 0.815. The number of halogens is 1. The van der Waals surface area contributed by atoms with E-state index in [1.165, 1.54) is 5.57 Å². The number of alkyl halides is 1. The first-order valence-electron chi connectivity index (χ1n) is 6.53. The fourth-order valence-corrected chi connectivity index (χ4v) is 3.82. The fraction of sp³-hybridized carbons (Fsp3) is 0.188. The molecular weight excluding hydrogens is 290 g/mol. The van der Waals surface area contributed by atoms with Crippen LogP contribution < -0.4 is 5.32 Å². The molecule has 1 amide bonds. The molecule has 1 N–H and O–H groups in total. The normalized spacial score (nSPS) is 18.2. The van der Waals surface area contributed by atoms with Gasteiger partial charge in [-0.3, -0.25) is 4.79 Å². The molecule has 0 saturated heterocycles. The molecule has 2 aliphatic rings. The Balaban J connectivity index is 2.09. The van der Waals surface area contributed by atoms with Crippen LogP contribution in [0, 0.1) is 0 Å². The summed E-state index contributed by atoms with van der Waals surface area (Å²) >= 11 is 7.66. The number of fused-ring (bicyclic) bond motifs is 1. The Hall–Kier alpha value is -1.45. The molecule has 1 aliphatic heterocycles. The Bertz CT molecular complexity index is 646. The van der Waals surface area contributed by atoms with Crippen molar-refractivity contribution in [2.75, 3.05) is 11.2 Å². The smallest absolute Gasteiger partial charge is 0.253 e. The van der Waals surface area contributed by atoms with E-state index in [0.29, 0.717) is 5.57 Å². The van der Waals surface area contributed by atoms with Crippen molar-refractivity contribution in [3.05, 3.63) is 58.5 Å². The lowest BCUT2D eigenvalue weighted by Crippen LogP contribution is -2.16. The van der Waals surface area contributed by atoms with Crippen molar-refractivity contribution in [2.45, 2.75) is 17.7 Å². The average Bonchev–Trinajstić information content (AvgIpc) is 2.63. The number of hydrogen-bond donors (Lipinski definition) is 1. The summed E-state index contributed by atoms with van der Waals surface area (Å²) in [5.74, 6) is 0.131. The van der Waals surface area contributed by atoms with Crippen LogP contribution in [0.3, 0.4) is 0 Å². The second kappa shape index (κ2) is 5.90. The second-order valence-electron chi connectivity index (χ2n) is 4.65. The molecule has 0 radical (unpaired) electrons. The van der Waals surface area contributed by atoms with Crippen molar-refractivity contribution in [1.29, 1.82) is 0 Å². The van der Waals surface area contributed by atoms with Gasteiger partial charge in [0.15, 0.2) is 0 Å². The highest BCUT2D eigenvalue weighted by molar-refractivity contribution is 8.03. The van der Waals surface area contributed by atoms with E-state index in [4.69, 9.17) is 11.6 Å². The van der Waals surface area contributed by atoms with Gasteiger partial charge in [-0.05, 0) is 30.5 Å². The maximum atomic E-state index is 12.3. The summed E-state index contributed by atoms with van der Waals surface area (Å²) in [5, 5.41) is 2.95. The minimum atomic E-state index is -0.0945. The fourth-order valence-electron chi connectivity index (χ4n) is 2.30. The first kappa shape index (κ1) is 13.5. The Morgan fingerprint density at radius 3 is 2.90 bits per heavy atom. The van der Waals surface area contributed by atoms with Gasteiger partial charge >= 0.3 is 0 Å². The average molecular weight is 304 g/mol. The van der Waals surface area contributed by atoms with Crippen LogP contribution in [0.4, 0.5) is 5.69 Å². The molecule has 0 fully saturated rings. The zero-order chi connectivity index (χ0) is 13.9. The molecule has 20 heavy (non-hydrogen) atoms. The lowest BCUT2D eigenvalue weighted by Gasteiger charge is -2.14. The molecule has 0 spiro atoms. The molecule has 1 aromatic rings. The number of carbonyl (C=O) groups excluding carboxylic acids is 1. The molecule has 1 heterocycles. The zero-order valence-electron chi connectivity index (χ0n) is 10.9. The number of nitrogens with one attached hydrogen (secondary N) is 1. The summed E-state index contributed by atoms with van der Waals surface area (Å²) in [6, 6.07) is 7.85. The van der Waals surface area contributed by atoms with E-state index >= 15 is 0 Å². The van der Waals surface area contributed by atoms with E-state index < -0.39 is 0 Å². The standard InChI is InChI=1S/C16H14ClNOS/c17-10-12-15(11-6-2-1-3-7-11)20-14-9-5-4-8-13(14)18-16(12)19/h1-2,4-6,8-9H,3,7,10H2,(H,18,19). The van der Waals surface area contributed by atoms with Gasteiger partial charge in [0.25, 0.3) is 5.91 Å². The minimum Gasteiger partial charge on any atom is -0.321 e. The minimum absolute atomic E-state index is 0.0945. The lowest BCUT2D eigenvalue weighted by atomic mass is 10.0. The molecule has 3 rings (SSSR count). The van der Waals surface area contributed by atoms with Crippen LogP contribution in [0.5, 0.6) is 0 Å². The number of para-hydroxylation sites is 1. The second-order valence-corrected chi connectivity index (χ2v) is 5.97. The van der Waals surface area contributed by atoms with Crippen LogP contribution in [0.1, 0.15) is 12.8 Å². The third-order valence-electron chi connectivity index (χ3n) is 3.33. The molecule has 0 saturated carbocycles. The van der Waals surface area contributed by atoms with Crippen LogP contribution in [-0.2, 0) is 4.79 Å². The van der Waals surface area contributed by atoms with Crippen LogP contribution in [-0.4, -0.2) is 11.8 Å². The molecule has 102 valence electrons. The Morgan fingerprint density at radius 2 is 2.15 bits per heavy atom. The van der Waals surface area contributed by atoms with Crippen LogP contribution in [0.2, 0.25) is 0 Å². The first-order chi connectivity index (χ1) is 9.79. The SMILES string of the molecule is O=C1Nc2ccccc2SC(C2=CC=CCC2)=C1CCl. The van der Waals surface area contributed by atoms with E-state index in [1.54, 1.807) is 11.8 Å². The molecule has 2 nitrogen and oxygen atoms in total. The number of hydrogen-bond acceptors (Lipinski definition) is 2. The van der Waals surface area contributed by atoms with Crippen molar-refractivity contribution in [2.24, 2.45) is 0 Å². The highest BCUT2D eigenvalue weighted by Gasteiger charge is 2.24. The van der Waals surface area contributed by atoms with Gasteiger partial charge in [-0.15, -0.1) is 11.6 Å². The van der Waals surface area contributed by atoms with Crippen LogP contribution in [0.15, 0.2) is 63.4 Å². The first-order valence-corrected chi connectivity index (χ1v) is 7.88. The number of thioether (sulfide) groups is 1. The maximum Gasteiger partial charge on any atom is 0.253 e. The highest BCUT2D eigenvalue weighted by Crippen LogP contribution is 2.42. The van der Waals surface area contributed by atoms with Gasteiger partial charge in [-0.2, -0.15) is 0 Å². The number of benzene rings is 1. The van der Waals surface area contributed by atoms with Gasteiger partial charge in [0.2, 0.25) is 0 Å². The van der Waals surface area contributed by atoms with Crippen molar-refractivity contribution >= 4 is 35.0 Å². The number of anilines is 1. The van der Waals surface area contributed by atoms with Crippen molar-refractivity contribution in [3.63, 3.8) is 0 Å². The van der Waals surface area contributed by atoms with E-state index in [2.05, 4.69) is 17.5 Å². The molecular formula is C16H14ClNOS. The summed E-state index contributed by atoms with van der Waals surface area (Å²) in [6.45, 7) is 0. The Kier molecular flexibility index (Phi) is 3.99. The topological polar surface area (TPSA) is 29.1 Å². The molecule has 0 bridgehead atoms. The number of carbonyl (C=O) groups is 1. The number of allylic oxidation sites excluding steroid dienone is 4. The van der Waals surface area contributed by atoms with E-state index in [0.717, 1.165) is 28.3 Å². The predicted octanol–water partition coefficient (Wildman–Crippen LogP) is 4.50. The van der Waals surface area contributed by atoms with Crippen molar-refractivity contribution in [1.82, 2.24) is 0 Å². The van der Waals surface area contributed by atoms with Crippen molar-refractivity contribution < 1.29 is 4.79 Å². The molecule has 4 heteroatoms. The Labute approximate surface area is 127 Å². The summed E-state index contributed by atoms with van der Waals surface area (Å²) in [7, 11) is 0. The summed E-state index contributed by atoms with van der Waals surface area (Å²) in [5.41, 5.74) is 2.71. The third-order valence-corrected chi connectivity index (χ3v) is 4.89. The summed E-state index contributed by atoms with van der Waals surface area (Å²) in [6.07, 6.45) is 8.23. The largest absolute Gasteiger partial charge is 0.321 e. The number of amides is 1. The number of rotatable bonds is 2. The van der Waals surface area contributed by atoms with E-state index in [1.807, 2.05) is 30.3 Å². The van der Waals surface area contributed by atoms with Gasteiger partial charge in [0.1, 0.15) is 0 Å². The van der Waals surface area contributed by atoms with Crippen molar-refractivity contribution in [3.8, 4) is 0 Å². The van der Waals surface area contributed by atoms with Gasteiger partial charge in [0, 0.05) is 15.4 Å². The molecule has 0 aromatic heterocycles. The van der Waals surface area contributed by atoms with E-state index in [-0.39, 0.29) is 11.8 Å². The van der Waals surface area contributed by atoms with Gasteiger partial charge in [-0.25, -0.2) is 0 Å². The summed E-state index contributed by atoms with van der Waals surface area (Å²) in [4.78, 5) is 14.4. The lowest BCUT2D eigenvalue weighted by molar-refractivity contribution is -0.112. The van der Waals surface area contributed by atoms with Crippen LogP contribution >= 0.6 is 23.4 Å². The van der Waals surface area contributed by atoms with Gasteiger partial charge < -0.3 is 5.32 Å². The predicted molar refractivity (Wildman–Crippen MR) is 85.1 cm³/mol. The zero-order valence-corrected chi connectivity index (χ0v) is 12.4. The summed E-state index contributed by atoms with van der Waals surface area (Å²) < 4.78 is 0. The maximum absolute atomic E-state index is 12.3. The van der Waals surface area contributed by atoms with Crippen LogP contribution in [0.25, 0.3) is 0 Å². The molecule has 1 aromatic carbocycles. The monoisotopic (exact) mass is 303 g/mol.